The molecule has 3 nitrogen and oxygen atoms in total. The van der Waals surface area contributed by atoms with Gasteiger partial charge in [-0.15, -0.1) is 11.3 Å². The smallest absolute Gasteiger partial charge is 0.119 e. The van der Waals surface area contributed by atoms with Crippen molar-refractivity contribution in [3.8, 4) is 5.75 Å². The molecular formula is C16H16N2OS. The molecule has 20 heavy (non-hydrogen) atoms. The third-order valence-corrected chi connectivity index (χ3v) is 4.24. The van der Waals surface area contributed by atoms with Crippen LogP contribution in [0.2, 0.25) is 0 Å². The number of para-hydroxylation sites is 1. The van der Waals surface area contributed by atoms with Crippen LogP contribution >= 0.6 is 11.3 Å². The second-order valence-electron chi connectivity index (χ2n) is 4.61. The van der Waals surface area contributed by atoms with E-state index in [2.05, 4.69) is 23.3 Å². The average Bonchev–Trinajstić information content (AvgIpc) is 2.88. The summed E-state index contributed by atoms with van der Waals surface area (Å²) in [5.41, 5.74) is 3.36. The minimum atomic E-state index is 0.743. The summed E-state index contributed by atoms with van der Waals surface area (Å²) < 4.78 is 6.45. The fraction of sp³-hybridized carbons (Fsp3) is 0.188. The summed E-state index contributed by atoms with van der Waals surface area (Å²) in [6.45, 7) is 2.82. The molecule has 0 bridgehead atoms. The number of benzene rings is 2. The number of hydrogen-bond donors (Lipinski definition) is 1. The van der Waals surface area contributed by atoms with Crippen molar-refractivity contribution >= 4 is 27.2 Å². The number of rotatable bonds is 4. The first kappa shape index (κ1) is 12.9. The Morgan fingerprint density at radius 2 is 2.05 bits per heavy atom. The van der Waals surface area contributed by atoms with E-state index in [-0.39, 0.29) is 0 Å². The Balaban J connectivity index is 1.75. The van der Waals surface area contributed by atoms with Gasteiger partial charge in [0.15, 0.2) is 0 Å². The standard InChI is InChI=1S/C16H16N2OS/c1-11-9-12(19-2)7-8-13(11)17-10-16-18-14-5-3-4-6-15(14)20-16/h3-9,17H,10H2,1-2H3. The van der Waals surface area contributed by atoms with Gasteiger partial charge in [0.2, 0.25) is 0 Å². The van der Waals surface area contributed by atoms with Crippen molar-refractivity contribution in [1.82, 2.24) is 4.98 Å². The maximum Gasteiger partial charge on any atom is 0.119 e. The predicted molar refractivity (Wildman–Crippen MR) is 84.7 cm³/mol. The molecule has 1 heterocycles. The second-order valence-corrected chi connectivity index (χ2v) is 5.72. The Kier molecular flexibility index (Phi) is 3.56. The van der Waals surface area contributed by atoms with E-state index in [1.807, 2.05) is 36.4 Å². The van der Waals surface area contributed by atoms with Gasteiger partial charge in [0.1, 0.15) is 10.8 Å². The molecule has 0 fully saturated rings. The highest BCUT2D eigenvalue weighted by Crippen LogP contribution is 2.24. The lowest BCUT2D eigenvalue weighted by atomic mass is 10.2. The highest BCUT2D eigenvalue weighted by molar-refractivity contribution is 7.18. The fourth-order valence-electron chi connectivity index (χ4n) is 2.13. The number of nitrogens with one attached hydrogen (secondary N) is 1. The molecule has 0 unspecified atom stereocenters. The van der Waals surface area contributed by atoms with Crippen molar-refractivity contribution in [2.45, 2.75) is 13.5 Å². The highest BCUT2D eigenvalue weighted by Gasteiger charge is 2.04. The summed E-state index contributed by atoms with van der Waals surface area (Å²) in [5.74, 6) is 0.882. The van der Waals surface area contributed by atoms with E-state index in [0.717, 1.165) is 28.5 Å². The number of anilines is 1. The van der Waals surface area contributed by atoms with Crippen LogP contribution in [0.4, 0.5) is 5.69 Å². The Morgan fingerprint density at radius 3 is 2.80 bits per heavy atom. The minimum absolute atomic E-state index is 0.743. The summed E-state index contributed by atoms with van der Waals surface area (Å²) >= 11 is 1.73. The molecular weight excluding hydrogens is 268 g/mol. The Bertz CT molecular complexity index is 703. The molecule has 3 rings (SSSR count). The van der Waals surface area contributed by atoms with Crippen LogP contribution in [-0.4, -0.2) is 12.1 Å². The van der Waals surface area contributed by atoms with Crippen LogP contribution in [0.3, 0.4) is 0 Å². The maximum absolute atomic E-state index is 5.21. The van der Waals surface area contributed by atoms with Crippen molar-refractivity contribution in [1.29, 1.82) is 0 Å². The van der Waals surface area contributed by atoms with Crippen LogP contribution in [-0.2, 0) is 6.54 Å². The summed E-state index contributed by atoms with van der Waals surface area (Å²) in [6.07, 6.45) is 0. The van der Waals surface area contributed by atoms with Gasteiger partial charge in [0.05, 0.1) is 23.9 Å². The topological polar surface area (TPSA) is 34.1 Å². The monoisotopic (exact) mass is 284 g/mol. The zero-order chi connectivity index (χ0) is 13.9. The predicted octanol–water partition coefficient (Wildman–Crippen LogP) is 4.23. The lowest BCUT2D eigenvalue weighted by molar-refractivity contribution is 0.414. The number of fused-ring (bicyclic) bond motifs is 1. The zero-order valence-electron chi connectivity index (χ0n) is 11.5. The van der Waals surface area contributed by atoms with Gasteiger partial charge in [-0.05, 0) is 42.8 Å². The molecule has 102 valence electrons. The molecule has 0 amide bonds. The molecule has 0 saturated heterocycles. The molecule has 0 atom stereocenters. The zero-order valence-corrected chi connectivity index (χ0v) is 12.3. The maximum atomic E-state index is 5.21. The number of methoxy groups -OCH3 is 1. The number of hydrogen-bond acceptors (Lipinski definition) is 4. The van der Waals surface area contributed by atoms with Gasteiger partial charge < -0.3 is 10.1 Å². The first-order chi connectivity index (χ1) is 9.76. The number of nitrogens with zero attached hydrogens (tertiary/aromatic N) is 1. The van der Waals surface area contributed by atoms with E-state index >= 15 is 0 Å². The lowest BCUT2D eigenvalue weighted by Gasteiger charge is -2.09. The van der Waals surface area contributed by atoms with Crippen molar-refractivity contribution in [2.75, 3.05) is 12.4 Å². The highest BCUT2D eigenvalue weighted by atomic mass is 32.1. The summed E-state index contributed by atoms with van der Waals surface area (Å²) in [4.78, 5) is 4.62. The molecule has 0 saturated carbocycles. The Labute approximate surface area is 122 Å². The minimum Gasteiger partial charge on any atom is -0.497 e. The van der Waals surface area contributed by atoms with Gasteiger partial charge in [-0.2, -0.15) is 0 Å². The quantitative estimate of drug-likeness (QED) is 0.778. The molecule has 0 radical (unpaired) electrons. The molecule has 3 aromatic rings. The van der Waals surface area contributed by atoms with Gasteiger partial charge in [-0.1, -0.05) is 12.1 Å². The molecule has 0 aliphatic heterocycles. The lowest BCUT2D eigenvalue weighted by Crippen LogP contribution is -2.00. The third kappa shape index (κ3) is 2.60. The molecule has 0 aliphatic rings. The van der Waals surface area contributed by atoms with Crippen molar-refractivity contribution in [3.05, 3.63) is 53.0 Å². The molecule has 2 aromatic carbocycles. The van der Waals surface area contributed by atoms with Crippen molar-refractivity contribution in [3.63, 3.8) is 0 Å². The van der Waals surface area contributed by atoms with Crippen LogP contribution in [0.15, 0.2) is 42.5 Å². The first-order valence-corrected chi connectivity index (χ1v) is 7.31. The molecule has 0 aliphatic carbocycles. The van der Waals surface area contributed by atoms with Crippen LogP contribution in [0.1, 0.15) is 10.6 Å². The summed E-state index contributed by atoms with van der Waals surface area (Å²) in [6, 6.07) is 14.3. The Hall–Kier alpha value is -2.07. The van der Waals surface area contributed by atoms with Gasteiger partial charge in [-0.3, -0.25) is 0 Å². The Morgan fingerprint density at radius 1 is 1.20 bits per heavy atom. The van der Waals surface area contributed by atoms with E-state index in [9.17, 15) is 0 Å². The summed E-state index contributed by atoms with van der Waals surface area (Å²) in [5, 5.41) is 4.53. The summed E-state index contributed by atoms with van der Waals surface area (Å²) in [7, 11) is 1.68. The number of aromatic nitrogens is 1. The van der Waals surface area contributed by atoms with Gasteiger partial charge in [0, 0.05) is 5.69 Å². The van der Waals surface area contributed by atoms with Crippen LogP contribution in [0, 0.1) is 6.92 Å². The fourth-order valence-corrected chi connectivity index (χ4v) is 3.03. The second kappa shape index (κ2) is 5.51. The van der Waals surface area contributed by atoms with Crippen LogP contribution < -0.4 is 10.1 Å². The van der Waals surface area contributed by atoms with Gasteiger partial charge in [-0.25, -0.2) is 4.98 Å². The number of aryl methyl sites for hydroxylation is 1. The normalized spacial score (nSPS) is 10.7. The van der Waals surface area contributed by atoms with Gasteiger partial charge >= 0.3 is 0 Å². The van der Waals surface area contributed by atoms with Crippen molar-refractivity contribution < 1.29 is 4.74 Å². The van der Waals surface area contributed by atoms with Crippen molar-refractivity contribution in [2.24, 2.45) is 0 Å². The molecule has 1 aromatic heterocycles. The SMILES string of the molecule is COc1ccc(NCc2nc3ccccc3s2)c(C)c1. The van der Waals surface area contributed by atoms with Gasteiger partial charge in [0.25, 0.3) is 0 Å². The van der Waals surface area contributed by atoms with E-state index in [1.54, 1.807) is 18.4 Å². The number of thiazole rings is 1. The average molecular weight is 284 g/mol. The van der Waals surface area contributed by atoms with Crippen LogP contribution in [0.25, 0.3) is 10.2 Å². The van der Waals surface area contributed by atoms with E-state index in [4.69, 9.17) is 4.74 Å². The third-order valence-electron chi connectivity index (χ3n) is 3.20. The van der Waals surface area contributed by atoms with Crippen LogP contribution in [0.5, 0.6) is 5.75 Å². The number of ether oxygens (including phenoxy) is 1. The van der Waals surface area contributed by atoms with E-state index < -0.39 is 0 Å². The van der Waals surface area contributed by atoms with E-state index in [0.29, 0.717) is 0 Å². The molecule has 1 N–H and O–H groups in total. The molecule has 0 spiro atoms. The first-order valence-electron chi connectivity index (χ1n) is 6.49. The largest absolute Gasteiger partial charge is 0.497 e. The van der Waals surface area contributed by atoms with E-state index in [1.165, 1.54) is 10.3 Å². The molecule has 4 heteroatoms.